The molecule has 1 aliphatic heterocycles. The molecule has 0 saturated carbocycles. The van der Waals surface area contributed by atoms with E-state index >= 15 is 4.39 Å². The molecule has 2 heterocycles. The molecule has 2 aromatic carbocycles. The Morgan fingerprint density at radius 1 is 1.15 bits per heavy atom. The zero-order valence-electron chi connectivity index (χ0n) is 26.1. The predicted molar refractivity (Wildman–Crippen MR) is 168 cm³/mol. The third-order valence-electron chi connectivity index (χ3n) is 7.87. The standard InChI is InChI=1S/C34H38F4N4O4/c1-22(7-5-6-8-23(2)46-34(36,37)38)26-9-10-28(30(35)19-26)33(44)41-16-13-25(14-17-41)20-42-21-29-24(3)27(11-12-31(29)40-42)32(43)39-15-18-45-4/h5-12,19,21,23,25H,1,13-18,20H2,2-4H3,(H,39,43)/b7-5-,8-6-. The largest absolute Gasteiger partial charge is 0.523 e. The van der Waals surface area contributed by atoms with Crippen LogP contribution in [0.1, 0.15) is 51.6 Å². The summed E-state index contributed by atoms with van der Waals surface area (Å²) >= 11 is 0. The van der Waals surface area contributed by atoms with E-state index in [2.05, 4.69) is 16.6 Å². The molecule has 246 valence electrons. The van der Waals surface area contributed by atoms with Crippen LogP contribution in [0.25, 0.3) is 16.5 Å². The van der Waals surface area contributed by atoms with E-state index in [1.54, 1.807) is 24.1 Å². The Morgan fingerprint density at radius 3 is 2.54 bits per heavy atom. The number of nitrogens with zero attached hydrogens (tertiary/aromatic N) is 3. The molecule has 3 aromatic rings. The number of carbonyl (C=O) groups excluding carboxylic acids is 2. The number of alkyl halides is 3. The normalized spacial score (nSPS) is 15.2. The number of piperidine rings is 1. The van der Waals surface area contributed by atoms with Gasteiger partial charge in [-0.2, -0.15) is 5.10 Å². The van der Waals surface area contributed by atoms with Gasteiger partial charge in [0.15, 0.2) is 0 Å². The average molecular weight is 643 g/mol. The highest BCUT2D eigenvalue weighted by Crippen LogP contribution is 2.26. The van der Waals surface area contributed by atoms with Crippen LogP contribution in [0.15, 0.2) is 67.4 Å². The number of amides is 2. The molecule has 8 nitrogen and oxygen atoms in total. The quantitative estimate of drug-likeness (QED) is 0.139. The van der Waals surface area contributed by atoms with Crippen molar-refractivity contribution in [3.05, 3.63) is 95.5 Å². The minimum atomic E-state index is -4.73. The summed E-state index contributed by atoms with van der Waals surface area (Å²) in [5.74, 6) is -0.947. The van der Waals surface area contributed by atoms with E-state index in [0.29, 0.717) is 49.5 Å². The van der Waals surface area contributed by atoms with Gasteiger partial charge in [0.1, 0.15) is 5.82 Å². The predicted octanol–water partition coefficient (Wildman–Crippen LogP) is 6.46. The van der Waals surface area contributed by atoms with Gasteiger partial charge in [0, 0.05) is 50.4 Å². The summed E-state index contributed by atoms with van der Waals surface area (Å²) in [6.07, 6.45) is 3.15. The molecule has 0 spiro atoms. The lowest BCUT2D eigenvalue weighted by Gasteiger charge is -2.32. The topological polar surface area (TPSA) is 85.7 Å². The Kier molecular flexibility index (Phi) is 11.5. The van der Waals surface area contributed by atoms with Gasteiger partial charge >= 0.3 is 6.36 Å². The van der Waals surface area contributed by atoms with Crippen molar-refractivity contribution in [1.82, 2.24) is 20.0 Å². The van der Waals surface area contributed by atoms with E-state index in [4.69, 9.17) is 9.84 Å². The molecule has 1 unspecified atom stereocenters. The van der Waals surface area contributed by atoms with Gasteiger partial charge in [-0.3, -0.25) is 19.0 Å². The number of ether oxygens (including phenoxy) is 2. The van der Waals surface area contributed by atoms with Crippen molar-refractivity contribution in [1.29, 1.82) is 0 Å². The van der Waals surface area contributed by atoms with E-state index in [9.17, 15) is 22.8 Å². The first-order valence-electron chi connectivity index (χ1n) is 15.0. The molecular formula is C34H38F4N4O4. The highest BCUT2D eigenvalue weighted by Gasteiger charge is 2.31. The number of allylic oxidation sites excluding steroid dienone is 4. The van der Waals surface area contributed by atoms with Crippen LogP contribution in [-0.4, -0.2) is 72.3 Å². The van der Waals surface area contributed by atoms with Crippen LogP contribution in [-0.2, 0) is 16.0 Å². The third-order valence-corrected chi connectivity index (χ3v) is 7.87. The number of aryl methyl sites for hydroxylation is 1. The fourth-order valence-corrected chi connectivity index (χ4v) is 5.36. The SMILES string of the molecule is C=C(/C=C\C=C/C(C)OC(F)(F)F)c1ccc(C(=O)N2CCC(Cn3cc4c(C)c(C(=O)NCCOC)ccc4n3)CC2)c(F)c1. The fraction of sp³-hybridized carbons (Fsp3) is 0.382. The Morgan fingerprint density at radius 2 is 1.87 bits per heavy atom. The van der Waals surface area contributed by atoms with Crippen molar-refractivity contribution < 1.29 is 36.6 Å². The van der Waals surface area contributed by atoms with Gasteiger partial charge in [0.25, 0.3) is 11.8 Å². The van der Waals surface area contributed by atoms with E-state index < -0.39 is 18.3 Å². The van der Waals surface area contributed by atoms with Crippen molar-refractivity contribution >= 4 is 28.3 Å². The second-order valence-corrected chi connectivity index (χ2v) is 11.2. The van der Waals surface area contributed by atoms with Gasteiger partial charge in [0.05, 0.1) is 23.8 Å². The summed E-state index contributed by atoms with van der Waals surface area (Å²) in [7, 11) is 1.58. The minimum Gasteiger partial charge on any atom is -0.383 e. The lowest BCUT2D eigenvalue weighted by Crippen LogP contribution is -2.39. The Bertz CT molecular complexity index is 1620. The Balaban J connectivity index is 1.31. The zero-order valence-corrected chi connectivity index (χ0v) is 26.1. The summed E-state index contributed by atoms with van der Waals surface area (Å²) in [5, 5.41) is 8.45. The van der Waals surface area contributed by atoms with Crippen LogP contribution in [0.3, 0.4) is 0 Å². The van der Waals surface area contributed by atoms with Crippen molar-refractivity contribution in [2.75, 3.05) is 33.4 Å². The fourth-order valence-electron chi connectivity index (χ4n) is 5.36. The molecule has 0 bridgehead atoms. The number of methoxy groups -OCH3 is 1. The van der Waals surface area contributed by atoms with Crippen LogP contribution in [0.5, 0.6) is 0 Å². The highest BCUT2D eigenvalue weighted by atomic mass is 19.4. The van der Waals surface area contributed by atoms with Crippen molar-refractivity contribution in [3.8, 4) is 0 Å². The smallest absolute Gasteiger partial charge is 0.383 e. The van der Waals surface area contributed by atoms with Crippen LogP contribution in [0, 0.1) is 18.7 Å². The summed E-state index contributed by atoms with van der Waals surface area (Å²) in [5.41, 5.74) is 3.09. The number of halogens is 4. The monoisotopic (exact) mass is 642 g/mol. The first-order valence-corrected chi connectivity index (χ1v) is 15.0. The van der Waals surface area contributed by atoms with Crippen molar-refractivity contribution in [3.63, 3.8) is 0 Å². The van der Waals surface area contributed by atoms with E-state index in [1.807, 2.05) is 23.9 Å². The molecule has 1 aliphatic rings. The lowest BCUT2D eigenvalue weighted by molar-refractivity contribution is -0.334. The number of aromatic nitrogens is 2. The van der Waals surface area contributed by atoms with Crippen molar-refractivity contribution in [2.24, 2.45) is 5.92 Å². The first-order chi connectivity index (χ1) is 21.9. The third kappa shape index (κ3) is 9.13. The molecule has 0 radical (unpaired) electrons. The van der Waals surface area contributed by atoms with Gasteiger partial charge in [-0.1, -0.05) is 36.9 Å². The number of benzene rings is 2. The molecule has 1 atom stereocenters. The van der Waals surface area contributed by atoms with Crippen molar-refractivity contribution in [2.45, 2.75) is 45.7 Å². The number of likely N-dealkylation sites (tertiary alicyclic amines) is 1. The number of nitrogens with one attached hydrogen (secondary N) is 1. The lowest BCUT2D eigenvalue weighted by atomic mass is 9.96. The number of hydrogen-bond donors (Lipinski definition) is 1. The number of carbonyl (C=O) groups is 2. The van der Waals surface area contributed by atoms with Gasteiger partial charge < -0.3 is 15.0 Å². The van der Waals surface area contributed by atoms with Crippen LogP contribution in [0.4, 0.5) is 17.6 Å². The Labute approximate surface area is 265 Å². The maximum absolute atomic E-state index is 15.0. The van der Waals surface area contributed by atoms with Gasteiger partial charge in [-0.25, -0.2) is 4.39 Å². The molecule has 1 saturated heterocycles. The summed E-state index contributed by atoms with van der Waals surface area (Å²) in [4.78, 5) is 27.4. The molecule has 2 amide bonds. The maximum atomic E-state index is 15.0. The molecule has 1 fully saturated rings. The summed E-state index contributed by atoms with van der Waals surface area (Å²) in [6, 6.07) is 7.86. The van der Waals surface area contributed by atoms with Crippen LogP contribution < -0.4 is 5.32 Å². The number of rotatable bonds is 12. The maximum Gasteiger partial charge on any atom is 0.523 e. The zero-order chi connectivity index (χ0) is 33.4. The van der Waals surface area contributed by atoms with E-state index in [0.717, 1.165) is 29.3 Å². The number of hydrogen-bond acceptors (Lipinski definition) is 5. The second-order valence-electron chi connectivity index (χ2n) is 11.2. The summed E-state index contributed by atoms with van der Waals surface area (Å²) < 4.78 is 62.5. The highest BCUT2D eigenvalue weighted by molar-refractivity contribution is 6.00. The van der Waals surface area contributed by atoms with Gasteiger partial charge in [0.2, 0.25) is 0 Å². The minimum absolute atomic E-state index is 0.0344. The van der Waals surface area contributed by atoms with Gasteiger partial charge in [-0.05, 0) is 73.6 Å². The average Bonchev–Trinajstić information content (AvgIpc) is 3.42. The Hall–Kier alpha value is -4.29. The van der Waals surface area contributed by atoms with Crippen LogP contribution >= 0.6 is 0 Å². The molecule has 46 heavy (non-hydrogen) atoms. The first kappa shape index (κ1) is 34.6. The molecule has 1 aromatic heterocycles. The van der Waals surface area contributed by atoms with Gasteiger partial charge in [-0.15, -0.1) is 13.2 Å². The van der Waals surface area contributed by atoms with Crippen LogP contribution in [0.2, 0.25) is 0 Å². The molecule has 0 aliphatic carbocycles. The number of fused-ring (bicyclic) bond motifs is 1. The molecule has 1 N–H and O–H groups in total. The van der Waals surface area contributed by atoms with E-state index in [-0.39, 0.29) is 23.3 Å². The second kappa shape index (κ2) is 15.3. The molecular weight excluding hydrogens is 604 g/mol. The summed E-state index contributed by atoms with van der Waals surface area (Å²) in [6.45, 7) is 9.51. The molecule has 12 heteroatoms. The molecule has 4 rings (SSSR count). The van der Waals surface area contributed by atoms with E-state index in [1.165, 1.54) is 43.4 Å².